The lowest BCUT2D eigenvalue weighted by atomic mass is 10.2. The van der Waals surface area contributed by atoms with E-state index in [1.165, 1.54) is 6.21 Å². The van der Waals surface area contributed by atoms with Crippen molar-refractivity contribution in [2.24, 2.45) is 5.10 Å². The van der Waals surface area contributed by atoms with Crippen LogP contribution in [0.2, 0.25) is 0 Å². The summed E-state index contributed by atoms with van der Waals surface area (Å²) in [6.07, 6.45) is 0.723. The van der Waals surface area contributed by atoms with Crippen LogP contribution in [0.5, 0.6) is 11.5 Å². The molecule has 0 unspecified atom stereocenters. The Bertz CT molecular complexity index is 1280. The fraction of sp³-hybridized carbons (Fsp3) is 0.300. The quantitative estimate of drug-likeness (QED) is 0.204. The summed E-state index contributed by atoms with van der Waals surface area (Å²) >= 11 is 3.52. The first-order valence-corrected chi connectivity index (χ1v) is 13.4. The van der Waals surface area contributed by atoms with Crippen molar-refractivity contribution in [1.29, 1.82) is 0 Å². The van der Waals surface area contributed by atoms with Gasteiger partial charge in [-0.2, -0.15) is 5.10 Å². The Morgan fingerprint density at radius 3 is 2.20 bits per heavy atom. The summed E-state index contributed by atoms with van der Waals surface area (Å²) in [7, 11) is 1.54. The molecule has 0 aliphatic rings. The van der Waals surface area contributed by atoms with Gasteiger partial charge in [-0.1, -0.05) is 60.7 Å². The van der Waals surface area contributed by atoms with E-state index in [-0.39, 0.29) is 13.2 Å². The molecule has 3 aromatic carbocycles. The van der Waals surface area contributed by atoms with Crippen LogP contribution in [-0.2, 0) is 27.5 Å². The lowest BCUT2D eigenvalue weighted by Gasteiger charge is -2.22. The Morgan fingerprint density at radius 2 is 1.60 bits per heavy atom. The SMILES string of the molecule is COc1cc(/C=N\NC(=O)[C@H](COCc2ccccc2)NC(=O)OC(C)(C)C)cc(Br)c1OCc1ccccc1. The molecule has 0 bridgehead atoms. The normalized spacial score (nSPS) is 12.0. The van der Waals surface area contributed by atoms with Gasteiger partial charge in [0.25, 0.3) is 5.91 Å². The largest absolute Gasteiger partial charge is 0.493 e. The molecule has 3 rings (SSSR count). The minimum absolute atomic E-state index is 0.0810. The van der Waals surface area contributed by atoms with Crippen molar-refractivity contribution in [1.82, 2.24) is 10.7 Å². The van der Waals surface area contributed by atoms with E-state index in [1.54, 1.807) is 40.0 Å². The van der Waals surface area contributed by atoms with Crippen LogP contribution in [0.1, 0.15) is 37.5 Å². The minimum Gasteiger partial charge on any atom is -0.493 e. The van der Waals surface area contributed by atoms with E-state index in [0.717, 1.165) is 11.1 Å². The molecule has 10 heteroatoms. The van der Waals surface area contributed by atoms with Crippen LogP contribution in [0, 0.1) is 0 Å². The molecule has 2 N–H and O–H groups in total. The average molecular weight is 613 g/mol. The van der Waals surface area contributed by atoms with Crippen LogP contribution < -0.4 is 20.2 Å². The molecule has 0 aliphatic heterocycles. The second-order valence-corrected chi connectivity index (χ2v) is 10.6. The molecule has 212 valence electrons. The Morgan fingerprint density at radius 1 is 0.975 bits per heavy atom. The van der Waals surface area contributed by atoms with E-state index in [1.807, 2.05) is 60.7 Å². The molecule has 0 radical (unpaired) electrons. The zero-order valence-corrected chi connectivity index (χ0v) is 24.6. The third-order valence-electron chi connectivity index (χ3n) is 5.27. The smallest absolute Gasteiger partial charge is 0.408 e. The second-order valence-electron chi connectivity index (χ2n) is 9.74. The van der Waals surface area contributed by atoms with Gasteiger partial charge in [0.15, 0.2) is 11.5 Å². The molecule has 0 saturated heterocycles. The number of methoxy groups -OCH3 is 1. The van der Waals surface area contributed by atoms with Crippen LogP contribution in [-0.4, -0.2) is 43.6 Å². The number of carbonyl (C=O) groups excluding carboxylic acids is 2. The third kappa shape index (κ3) is 10.3. The van der Waals surface area contributed by atoms with Crippen molar-refractivity contribution in [3.05, 3.63) is 94.0 Å². The number of hydrogen-bond donors (Lipinski definition) is 2. The summed E-state index contributed by atoms with van der Waals surface area (Å²) < 4.78 is 23.1. The Labute approximate surface area is 243 Å². The Kier molecular flexibility index (Phi) is 11.5. The van der Waals surface area contributed by atoms with Crippen LogP contribution in [0.4, 0.5) is 4.79 Å². The third-order valence-corrected chi connectivity index (χ3v) is 5.86. The van der Waals surface area contributed by atoms with Crippen molar-refractivity contribution in [2.75, 3.05) is 13.7 Å². The molecule has 0 aromatic heterocycles. The van der Waals surface area contributed by atoms with E-state index in [9.17, 15) is 9.59 Å². The molecule has 1 atom stereocenters. The van der Waals surface area contributed by atoms with Crippen molar-refractivity contribution < 1.29 is 28.5 Å². The summed E-state index contributed by atoms with van der Waals surface area (Å²) in [5, 5.41) is 6.62. The number of nitrogens with zero attached hydrogens (tertiary/aromatic N) is 1. The zero-order chi connectivity index (χ0) is 29.0. The maximum Gasteiger partial charge on any atom is 0.408 e. The number of nitrogens with one attached hydrogen (secondary N) is 2. The van der Waals surface area contributed by atoms with E-state index >= 15 is 0 Å². The molecule has 0 heterocycles. The van der Waals surface area contributed by atoms with Gasteiger partial charge in [-0.3, -0.25) is 4.79 Å². The first kappa shape index (κ1) is 30.6. The van der Waals surface area contributed by atoms with Gasteiger partial charge in [0.2, 0.25) is 0 Å². The molecule has 0 aliphatic carbocycles. The van der Waals surface area contributed by atoms with Crippen molar-refractivity contribution in [2.45, 2.75) is 45.6 Å². The molecular formula is C30H34BrN3O6. The molecule has 0 saturated carbocycles. The molecule has 3 aromatic rings. The monoisotopic (exact) mass is 611 g/mol. The zero-order valence-electron chi connectivity index (χ0n) is 23.0. The first-order valence-electron chi connectivity index (χ1n) is 12.6. The van der Waals surface area contributed by atoms with Gasteiger partial charge in [-0.15, -0.1) is 0 Å². The van der Waals surface area contributed by atoms with E-state index in [0.29, 0.717) is 28.1 Å². The highest BCUT2D eigenvalue weighted by molar-refractivity contribution is 9.10. The average Bonchev–Trinajstić information content (AvgIpc) is 2.91. The van der Waals surface area contributed by atoms with Gasteiger partial charge in [0, 0.05) is 0 Å². The van der Waals surface area contributed by atoms with Crippen LogP contribution in [0.15, 0.2) is 82.4 Å². The van der Waals surface area contributed by atoms with Gasteiger partial charge in [-0.05, 0) is 65.5 Å². The maximum atomic E-state index is 12.9. The minimum atomic E-state index is -1.04. The summed E-state index contributed by atoms with van der Waals surface area (Å²) in [6.45, 7) is 5.78. The Hall–Kier alpha value is -3.89. The molecular weight excluding hydrogens is 578 g/mol. The highest BCUT2D eigenvalue weighted by atomic mass is 79.9. The molecule has 9 nitrogen and oxygen atoms in total. The molecule has 0 spiro atoms. The standard InChI is InChI=1S/C30H34BrN3O6/c1-30(2,3)40-29(36)33-25(20-38-18-21-11-7-5-8-12-21)28(35)34-32-17-23-15-24(31)27(26(16-23)37-4)39-19-22-13-9-6-10-14-22/h5-17,25H,18-20H2,1-4H3,(H,33,36)(H,34,35)/b32-17-/t25-/m0/s1. The molecule has 0 fully saturated rings. The predicted molar refractivity (Wildman–Crippen MR) is 156 cm³/mol. The van der Waals surface area contributed by atoms with E-state index in [2.05, 4.69) is 31.8 Å². The van der Waals surface area contributed by atoms with Gasteiger partial charge < -0.3 is 24.3 Å². The van der Waals surface area contributed by atoms with Gasteiger partial charge in [0.05, 0.1) is 31.0 Å². The molecule has 2 amide bonds. The van der Waals surface area contributed by atoms with Crippen LogP contribution >= 0.6 is 15.9 Å². The fourth-order valence-electron chi connectivity index (χ4n) is 3.43. The van der Waals surface area contributed by atoms with Gasteiger partial charge in [-0.25, -0.2) is 10.2 Å². The van der Waals surface area contributed by atoms with Gasteiger partial charge >= 0.3 is 6.09 Å². The number of halogens is 1. The van der Waals surface area contributed by atoms with Crippen LogP contribution in [0.3, 0.4) is 0 Å². The summed E-state index contributed by atoms with van der Waals surface area (Å²) in [5.41, 5.74) is 4.34. The lowest BCUT2D eigenvalue weighted by Crippen LogP contribution is -2.49. The van der Waals surface area contributed by atoms with Crippen molar-refractivity contribution >= 4 is 34.1 Å². The number of ether oxygens (including phenoxy) is 4. The highest BCUT2D eigenvalue weighted by Crippen LogP contribution is 2.36. The van der Waals surface area contributed by atoms with E-state index < -0.39 is 23.6 Å². The van der Waals surface area contributed by atoms with Crippen molar-refractivity contribution in [3.8, 4) is 11.5 Å². The molecule has 40 heavy (non-hydrogen) atoms. The Balaban J connectivity index is 1.64. The van der Waals surface area contributed by atoms with Gasteiger partial charge in [0.1, 0.15) is 18.2 Å². The number of alkyl carbamates (subject to hydrolysis) is 1. The first-order chi connectivity index (χ1) is 19.1. The topological polar surface area (TPSA) is 107 Å². The maximum absolute atomic E-state index is 12.9. The fourth-order valence-corrected chi connectivity index (χ4v) is 4.01. The van der Waals surface area contributed by atoms with Crippen molar-refractivity contribution in [3.63, 3.8) is 0 Å². The number of benzene rings is 3. The van der Waals surface area contributed by atoms with E-state index in [4.69, 9.17) is 18.9 Å². The highest BCUT2D eigenvalue weighted by Gasteiger charge is 2.24. The second kappa shape index (κ2) is 15.0. The number of carbonyl (C=O) groups is 2. The number of hydrazone groups is 1. The number of rotatable bonds is 12. The predicted octanol–water partition coefficient (Wildman–Crippen LogP) is 5.60. The van der Waals surface area contributed by atoms with Crippen LogP contribution in [0.25, 0.3) is 0 Å². The summed E-state index contributed by atoms with van der Waals surface area (Å²) in [4.78, 5) is 25.3. The summed E-state index contributed by atoms with van der Waals surface area (Å²) in [5.74, 6) is 0.477. The lowest BCUT2D eigenvalue weighted by molar-refractivity contribution is -0.124. The summed E-state index contributed by atoms with van der Waals surface area (Å²) in [6, 6.07) is 21.8. The number of amides is 2. The number of hydrogen-bond acceptors (Lipinski definition) is 7.